The highest BCUT2D eigenvalue weighted by Gasteiger charge is 2.21. The zero-order valence-corrected chi connectivity index (χ0v) is 12.1. The summed E-state index contributed by atoms with van der Waals surface area (Å²) in [6.45, 7) is 6.08. The van der Waals surface area contributed by atoms with Crippen molar-refractivity contribution in [2.75, 3.05) is 0 Å². The maximum absolute atomic E-state index is 4.62. The minimum Gasteiger partial charge on any atom is -0.308 e. The minimum atomic E-state index is 0.399. The first-order valence-electron chi connectivity index (χ1n) is 7.28. The molecule has 1 aliphatic heterocycles. The molecular formula is C15H21N5. The SMILES string of the molecule is CC(C)c1nc2n(n1)C[C@H](NCc1ccncc1)CC2. The molecule has 0 fully saturated rings. The van der Waals surface area contributed by atoms with E-state index in [0.717, 1.165) is 37.6 Å². The summed E-state index contributed by atoms with van der Waals surface area (Å²) in [4.78, 5) is 8.66. The lowest BCUT2D eigenvalue weighted by molar-refractivity contribution is 0.357. The Morgan fingerprint density at radius 3 is 2.90 bits per heavy atom. The van der Waals surface area contributed by atoms with Crippen molar-refractivity contribution in [2.45, 2.75) is 51.7 Å². The summed E-state index contributed by atoms with van der Waals surface area (Å²) < 4.78 is 2.07. The van der Waals surface area contributed by atoms with Gasteiger partial charge in [-0.05, 0) is 24.1 Å². The lowest BCUT2D eigenvalue weighted by Crippen LogP contribution is -2.37. The predicted octanol–water partition coefficient (Wildman–Crippen LogP) is 1.90. The lowest BCUT2D eigenvalue weighted by atomic mass is 10.1. The van der Waals surface area contributed by atoms with E-state index < -0.39 is 0 Å². The summed E-state index contributed by atoms with van der Waals surface area (Å²) in [7, 11) is 0. The highest BCUT2D eigenvalue weighted by Crippen LogP contribution is 2.17. The molecule has 2 aromatic heterocycles. The fourth-order valence-corrected chi connectivity index (χ4v) is 2.50. The average Bonchev–Trinajstić information content (AvgIpc) is 2.89. The number of fused-ring (bicyclic) bond motifs is 1. The van der Waals surface area contributed by atoms with E-state index in [1.54, 1.807) is 0 Å². The summed E-state index contributed by atoms with van der Waals surface area (Å²) >= 11 is 0. The summed E-state index contributed by atoms with van der Waals surface area (Å²) in [6, 6.07) is 4.57. The number of pyridine rings is 1. The molecule has 0 amide bonds. The largest absolute Gasteiger partial charge is 0.308 e. The van der Waals surface area contributed by atoms with Gasteiger partial charge < -0.3 is 5.32 Å². The summed E-state index contributed by atoms with van der Waals surface area (Å²) in [5.74, 6) is 2.50. The number of aryl methyl sites for hydroxylation is 1. The molecular weight excluding hydrogens is 250 g/mol. The smallest absolute Gasteiger partial charge is 0.153 e. The van der Waals surface area contributed by atoms with E-state index in [1.165, 1.54) is 5.56 Å². The van der Waals surface area contributed by atoms with E-state index in [0.29, 0.717) is 12.0 Å². The topological polar surface area (TPSA) is 55.6 Å². The third-order valence-electron chi connectivity index (χ3n) is 3.74. The van der Waals surface area contributed by atoms with E-state index >= 15 is 0 Å². The third kappa shape index (κ3) is 2.88. The number of hydrogen-bond donors (Lipinski definition) is 1. The van der Waals surface area contributed by atoms with Crippen molar-refractivity contribution < 1.29 is 0 Å². The fraction of sp³-hybridized carbons (Fsp3) is 0.533. The van der Waals surface area contributed by atoms with Crippen LogP contribution in [0.25, 0.3) is 0 Å². The van der Waals surface area contributed by atoms with Crippen LogP contribution in [0.1, 0.15) is 43.4 Å². The van der Waals surface area contributed by atoms with Gasteiger partial charge in [-0.2, -0.15) is 5.10 Å². The monoisotopic (exact) mass is 271 g/mol. The first-order valence-corrected chi connectivity index (χ1v) is 7.28. The van der Waals surface area contributed by atoms with Crippen LogP contribution in [0.15, 0.2) is 24.5 Å². The molecule has 3 heterocycles. The fourth-order valence-electron chi connectivity index (χ4n) is 2.50. The predicted molar refractivity (Wildman–Crippen MR) is 77.3 cm³/mol. The van der Waals surface area contributed by atoms with Gasteiger partial charge in [-0.15, -0.1) is 0 Å². The zero-order valence-electron chi connectivity index (χ0n) is 12.1. The van der Waals surface area contributed by atoms with E-state index in [9.17, 15) is 0 Å². The van der Waals surface area contributed by atoms with Crippen molar-refractivity contribution in [3.63, 3.8) is 0 Å². The third-order valence-corrected chi connectivity index (χ3v) is 3.74. The van der Waals surface area contributed by atoms with Crippen LogP contribution in [0.4, 0.5) is 0 Å². The summed E-state index contributed by atoms with van der Waals surface area (Å²) in [6.07, 6.45) is 5.81. The molecule has 3 rings (SSSR count). The van der Waals surface area contributed by atoms with E-state index in [4.69, 9.17) is 0 Å². The molecule has 20 heavy (non-hydrogen) atoms. The zero-order chi connectivity index (χ0) is 13.9. The van der Waals surface area contributed by atoms with Gasteiger partial charge in [0.25, 0.3) is 0 Å². The van der Waals surface area contributed by atoms with Crippen LogP contribution in [-0.2, 0) is 19.5 Å². The van der Waals surface area contributed by atoms with Gasteiger partial charge in [0.1, 0.15) is 5.82 Å². The molecule has 0 aromatic carbocycles. The Kier molecular flexibility index (Phi) is 3.78. The van der Waals surface area contributed by atoms with Gasteiger partial charge in [-0.3, -0.25) is 4.98 Å². The maximum Gasteiger partial charge on any atom is 0.153 e. The van der Waals surface area contributed by atoms with Crippen molar-refractivity contribution in [1.29, 1.82) is 0 Å². The summed E-state index contributed by atoms with van der Waals surface area (Å²) in [5, 5.41) is 8.21. The van der Waals surface area contributed by atoms with Gasteiger partial charge in [-0.25, -0.2) is 9.67 Å². The number of aromatic nitrogens is 4. The molecule has 0 bridgehead atoms. The van der Waals surface area contributed by atoms with Crippen LogP contribution in [0.5, 0.6) is 0 Å². The molecule has 0 spiro atoms. The number of rotatable bonds is 4. The molecule has 1 N–H and O–H groups in total. The van der Waals surface area contributed by atoms with Crippen LogP contribution < -0.4 is 5.32 Å². The standard InChI is InChI=1S/C15H21N5/c1-11(2)15-18-14-4-3-13(10-20(14)19-15)17-9-12-5-7-16-8-6-12/h5-8,11,13,17H,3-4,9-10H2,1-2H3/t13-/m1/s1. The lowest BCUT2D eigenvalue weighted by Gasteiger charge is -2.23. The minimum absolute atomic E-state index is 0.399. The average molecular weight is 271 g/mol. The van der Waals surface area contributed by atoms with Gasteiger partial charge in [0.15, 0.2) is 5.82 Å². The van der Waals surface area contributed by atoms with E-state index in [-0.39, 0.29) is 0 Å². The van der Waals surface area contributed by atoms with Crippen molar-refractivity contribution in [2.24, 2.45) is 0 Å². The Morgan fingerprint density at radius 2 is 2.15 bits per heavy atom. The van der Waals surface area contributed by atoms with Crippen molar-refractivity contribution in [1.82, 2.24) is 25.1 Å². The van der Waals surface area contributed by atoms with Crippen LogP contribution in [0.3, 0.4) is 0 Å². The van der Waals surface area contributed by atoms with Crippen molar-refractivity contribution in [3.05, 3.63) is 41.7 Å². The van der Waals surface area contributed by atoms with Crippen LogP contribution >= 0.6 is 0 Å². The molecule has 2 aromatic rings. The number of nitrogens with one attached hydrogen (secondary N) is 1. The Hall–Kier alpha value is -1.75. The van der Waals surface area contributed by atoms with Gasteiger partial charge in [0.05, 0.1) is 6.54 Å². The molecule has 0 saturated carbocycles. The highest BCUT2D eigenvalue weighted by atomic mass is 15.4. The maximum atomic E-state index is 4.62. The second-order valence-corrected chi connectivity index (χ2v) is 5.70. The molecule has 0 saturated heterocycles. The Bertz CT molecular complexity index is 561. The Morgan fingerprint density at radius 1 is 1.35 bits per heavy atom. The van der Waals surface area contributed by atoms with E-state index in [1.807, 2.05) is 24.5 Å². The Balaban J connectivity index is 1.61. The molecule has 106 valence electrons. The molecule has 0 unspecified atom stereocenters. The van der Waals surface area contributed by atoms with E-state index in [2.05, 4.69) is 38.9 Å². The van der Waals surface area contributed by atoms with Gasteiger partial charge in [0, 0.05) is 37.3 Å². The van der Waals surface area contributed by atoms with Crippen molar-refractivity contribution >= 4 is 0 Å². The van der Waals surface area contributed by atoms with Crippen LogP contribution in [0, 0.1) is 0 Å². The van der Waals surface area contributed by atoms with Gasteiger partial charge in [0.2, 0.25) is 0 Å². The molecule has 1 atom stereocenters. The van der Waals surface area contributed by atoms with Crippen LogP contribution in [-0.4, -0.2) is 25.8 Å². The van der Waals surface area contributed by atoms with Gasteiger partial charge >= 0.3 is 0 Å². The number of nitrogens with zero attached hydrogens (tertiary/aromatic N) is 4. The quantitative estimate of drug-likeness (QED) is 0.923. The van der Waals surface area contributed by atoms with Crippen LogP contribution in [0.2, 0.25) is 0 Å². The first kappa shape index (κ1) is 13.2. The second kappa shape index (κ2) is 5.71. The molecule has 0 aliphatic carbocycles. The molecule has 5 nitrogen and oxygen atoms in total. The molecule has 0 radical (unpaired) electrons. The molecule has 5 heteroatoms. The summed E-state index contributed by atoms with van der Waals surface area (Å²) in [5.41, 5.74) is 1.27. The first-order chi connectivity index (χ1) is 9.72. The molecule has 1 aliphatic rings. The Labute approximate surface area is 119 Å². The second-order valence-electron chi connectivity index (χ2n) is 5.70. The highest BCUT2D eigenvalue weighted by molar-refractivity contribution is 5.09. The normalized spacial score (nSPS) is 18.2. The van der Waals surface area contributed by atoms with Crippen molar-refractivity contribution in [3.8, 4) is 0 Å². The number of hydrogen-bond acceptors (Lipinski definition) is 4. The van der Waals surface area contributed by atoms with Gasteiger partial charge in [-0.1, -0.05) is 13.8 Å².